The third kappa shape index (κ3) is 2.70. The number of carbonyl (C=O) groups is 1. The highest BCUT2D eigenvalue weighted by Gasteiger charge is 2.16. The standard InChI is InChI=1S/C17H18N2O2/c1-19-10-9-12-3-6-14(11-16(12)19)18-17(20)13-4-7-15(21-2)8-5-13/h3-8,11H,9-10H2,1-2H3,(H,18,20). The average molecular weight is 282 g/mol. The van der Waals surface area contributed by atoms with Crippen molar-refractivity contribution < 1.29 is 9.53 Å². The van der Waals surface area contributed by atoms with Crippen LogP contribution in [-0.4, -0.2) is 26.6 Å². The molecule has 1 amide bonds. The van der Waals surface area contributed by atoms with Crippen molar-refractivity contribution in [3.63, 3.8) is 0 Å². The molecule has 0 bridgehead atoms. The largest absolute Gasteiger partial charge is 0.497 e. The summed E-state index contributed by atoms with van der Waals surface area (Å²) in [5, 5.41) is 2.94. The first-order valence-corrected chi connectivity index (χ1v) is 6.97. The number of rotatable bonds is 3. The van der Waals surface area contributed by atoms with Gasteiger partial charge in [-0.2, -0.15) is 0 Å². The Morgan fingerprint density at radius 1 is 1.19 bits per heavy atom. The molecule has 4 heteroatoms. The molecule has 0 spiro atoms. The number of hydrogen-bond donors (Lipinski definition) is 1. The number of hydrogen-bond acceptors (Lipinski definition) is 3. The molecule has 0 unspecified atom stereocenters. The quantitative estimate of drug-likeness (QED) is 0.941. The molecule has 0 aliphatic carbocycles. The Morgan fingerprint density at radius 3 is 2.67 bits per heavy atom. The smallest absolute Gasteiger partial charge is 0.255 e. The number of likely N-dealkylation sites (N-methyl/N-ethyl adjacent to an activating group) is 1. The van der Waals surface area contributed by atoms with Crippen molar-refractivity contribution in [3.8, 4) is 5.75 Å². The van der Waals surface area contributed by atoms with Gasteiger partial charge in [0.05, 0.1) is 7.11 Å². The van der Waals surface area contributed by atoms with E-state index in [1.807, 2.05) is 12.1 Å². The van der Waals surface area contributed by atoms with Gasteiger partial charge in [-0.25, -0.2) is 0 Å². The maximum atomic E-state index is 12.2. The SMILES string of the molecule is COc1ccc(C(=O)Nc2ccc3c(c2)N(C)CC3)cc1. The Hall–Kier alpha value is -2.49. The molecule has 1 aliphatic heterocycles. The second-order valence-electron chi connectivity index (χ2n) is 5.20. The summed E-state index contributed by atoms with van der Waals surface area (Å²) in [5.41, 5.74) is 3.97. The Bertz CT molecular complexity index is 665. The first-order chi connectivity index (χ1) is 10.2. The summed E-state index contributed by atoms with van der Waals surface area (Å²) in [4.78, 5) is 14.4. The van der Waals surface area contributed by atoms with E-state index in [4.69, 9.17) is 4.74 Å². The summed E-state index contributed by atoms with van der Waals surface area (Å²) in [6, 6.07) is 13.2. The zero-order chi connectivity index (χ0) is 14.8. The fourth-order valence-corrected chi connectivity index (χ4v) is 2.56. The van der Waals surface area contributed by atoms with E-state index in [9.17, 15) is 4.79 Å². The molecule has 0 aromatic heterocycles. The van der Waals surface area contributed by atoms with E-state index in [0.717, 1.165) is 24.4 Å². The van der Waals surface area contributed by atoms with Crippen LogP contribution in [0.1, 0.15) is 15.9 Å². The monoisotopic (exact) mass is 282 g/mol. The molecule has 4 nitrogen and oxygen atoms in total. The number of anilines is 2. The molecule has 1 N–H and O–H groups in total. The van der Waals surface area contributed by atoms with Crippen LogP contribution in [0.4, 0.5) is 11.4 Å². The molecule has 108 valence electrons. The van der Waals surface area contributed by atoms with Crippen LogP contribution in [0, 0.1) is 0 Å². The van der Waals surface area contributed by atoms with Crippen LogP contribution in [-0.2, 0) is 6.42 Å². The van der Waals surface area contributed by atoms with Gasteiger partial charge in [-0.15, -0.1) is 0 Å². The van der Waals surface area contributed by atoms with Gasteiger partial charge in [0.1, 0.15) is 5.75 Å². The lowest BCUT2D eigenvalue weighted by Gasteiger charge is -2.13. The van der Waals surface area contributed by atoms with Crippen molar-refractivity contribution in [2.24, 2.45) is 0 Å². The maximum Gasteiger partial charge on any atom is 0.255 e. The fourth-order valence-electron chi connectivity index (χ4n) is 2.56. The Labute approximate surface area is 124 Å². The van der Waals surface area contributed by atoms with E-state index in [-0.39, 0.29) is 5.91 Å². The molecule has 3 rings (SSSR count). The van der Waals surface area contributed by atoms with Crippen LogP contribution in [0.15, 0.2) is 42.5 Å². The molecule has 0 atom stereocenters. The molecule has 0 saturated heterocycles. The van der Waals surface area contributed by atoms with E-state index >= 15 is 0 Å². The third-order valence-electron chi connectivity index (χ3n) is 3.82. The van der Waals surface area contributed by atoms with Crippen LogP contribution >= 0.6 is 0 Å². The first-order valence-electron chi connectivity index (χ1n) is 6.97. The van der Waals surface area contributed by atoms with Crippen LogP contribution in [0.3, 0.4) is 0 Å². The van der Waals surface area contributed by atoms with Gasteiger partial charge in [-0.05, 0) is 48.4 Å². The molecule has 1 heterocycles. The number of methoxy groups -OCH3 is 1. The zero-order valence-electron chi connectivity index (χ0n) is 12.2. The van der Waals surface area contributed by atoms with Crippen LogP contribution < -0.4 is 15.0 Å². The average Bonchev–Trinajstić information content (AvgIpc) is 2.88. The third-order valence-corrected chi connectivity index (χ3v) is 3.82. The van der Waals surface area contributed by atoms with E-state index in [1.165, 1.54) is 11.3 Å². The second-order valence-corrected chi connectivity index (χ2v) is 5.20. The van der Waals surface area contributed by atoms with Crippen molar-refractivity contribution in [1.82, 2.24) is 0 Å². The normalized spacial score (nSPS) is 13.0. The molecule has 2 aromatic carbocycles. The van der Waals surface area contributed by atoms with E-state index < -0.39 is 0 Å². The van der Waals surface area contributed by atoms with Crippen molar-refractivity contribution in [1.29, 1.82) is 0 Å². The topological polar surface area (TPSA) is 41.6 Å². The minimum Gasteiger partial charge on any atom is -0.497 e. The van der Waals surface area contributed by atoms with Gasteiger partial charge in [0.15, 0.2) is 0 Å². The van der Waals surface area contributed by atoms with Gasteiger partial charge in [0.25, 0.3) is 5.91 Å². The van der Waals surface area contributed by atoms with Gasteiger partial charge < -0.3 is 15.0 Å². The number of fused-ring (bicyclic) bond motifs is 1. The predicted octanol–water partition coefficient (Wildman–Crippen LogP) is 2.94. The van der Waals surface area contributed by atoms with Crippen LogP contribution in [0.2, 0.25) is 0 Å². The molecule has 21 heavy (non-hydrogen) atoms. The summed E-state index contributed by atoms with van der Waals surface area (Å²) >= 11 is 0. The lowest BCUT2D eigenvalue weighted by Crippen LogP contribution is -2.14. The summed E-state index contributed by atoms with van der Waals surface area (Å²) < 4.78 is 5.09. The minimum atomic E-state index is -0.113. The Morgan fingerprint density at radius 2 is 1.95 bits per heavy atom. The Balaban J connectivity index is 1.76. The number of carbonyl (C=O) groups excluding carboxylic acids is 1. The lowest BCUT2D eigenvalue weighted by molar-refractivity contribution is 0.102. The van der Waals surface area contributed by atoms with Gasteiger partial charge >= 0.3 is 0 Å². The Kier molecular flexibility index (Phi) is 3.52. The molecule has 0 radical (unpaired) electrons. The number of benzene rings is 2. The predicted molar refractivity (Wildman–Crippen MR) is 84.4 cm³/mol. The number of ether oxygens (including phenoxy) is 1. The summed E-state index contributed by atoms with van der Waals surface area (Å²) in [6.07, 6.45) is 1.07. The molecule has 0 fully saturated rings. The van der Waals surface area contributed by atoms with Crippen molar-refractivity contribution in [2.75, 3.05) is 30.9 Å². The second kappa shape index (κ2) is 5.48. The number of amides is 1. The van der Waals surface area contributed by atoms with Gasteiger partial charge in [-0.1, -0.05) is 6.07 Å². The highest BCUT2D eigenvalue weighted by molar-refractivity contribution is 6.04. The molecule has 0 saturated carbocycles. The van der Waals surface area contributed by atoms with E-state index in [1.54, 1.807) is 31.4 Å². The molecular formula is C17H18N2O2. The highest BCUT2D eigenvalue weighted by Crippen LogP contribution is 2.29. The van der Waals surface area contributed by atoms with Crippen molar-refractivity contribution in [2.45, 2.75) is 6.42 Å². The lowest BCUT2D eigenvalue weighted by atomic mass is 10.1. The maximum absolute atomic E-state index is 12.2. The number of nitrogens with zero attached hydrogens (tertiary/aromatic N) is 1. The first kappa shape index (κ1) is 13.5. The fraction of sp³-hybridized carbons (Fsp3) is 0.235. The van der Waals surface area contributed by atoms with Gasteiger partial charge in [0.2, 0.25) is 0 Å². The summed E-state index contributed by atoms with van der Waals surface area (Å²) in [5.74, 6) is 0.629. The minimum absolute atomic E-state index is 0.113. The molecule has 1 aliphatic rings. The van der Waals surface area contributed by atoms with Crippen LogP contribution in [0.25, 0.3) is 0 Å². The number of nitrogens with one attached hydrogen (secondary N) is 1. The van der Waals surface area contributed by atoms with Crippen molar-refractivity contribution >= 4 is 17.3 Å². The van der Waals surface area contributed by atoms with E-state index in [2.05, 4.69) is 23.3 Å². The molecular weight excluding hydrogens is 264 g/mol. The van der Waals surface area contributed by atoms with E-state index in [0.29, 0.717) is 5.56 Å². The van der Waals surface area contributed by atoms with Crippen molar-refractivity contribution in [3.05, 3.63) is 53.6 Å². The van der Waals surface area contributed by atoms with Gasteiger partial charge in [0, 0.05) is 30.5 Å². The van der Waals surface area contributed by atoms with Gasteiger partial charge in [-0.3, -0.25) is 4.79 Å². The summed E-state index contributed by atoms with van der Waals surface area (Å²) in [6.45, 7) is 1.03. The van der Waals surface area contributed by atoms with Crippen LogP contribution in [0.5, 0.6) is 5.75 Å². The highest BCUT2D eigenvalue weighted by atomic mass is 16.5. The molecule has 2 aromatic rings. The summed E-state index contributed by atoms with van der Waals surface area (Å²) in [7, 11) is 3.68. The zero-order valence-corrected chi connectivity index (χ0v) is 12.2.